The van der Waals surface area contributed by atoms with Gasteiger partial charge in [0.25, 0.3) is 0 Å². The Balaban J connectivity index is 1.60. The fourth-order valence-corrected chi connectivity index (χ4v) is 3.45. The molecule has 0 saturated carbocycles. The van der Waals surface area contributed by atoms with Gasteiger partial charge >= 0.3 is 5.69 Å². The third-order valence-electron chi connectivity index (χ3n) is 5.04. The summed E-state index contributed by atoms with van der Waals surface area (Å²) in [6.07, 6.45) is 0. The van der Waals surface area contributed by atoms with Crippen molar-refractivity contribution in [3.8, 4) is 11.3 Å². The average molecular weight is 401 g/mol. The Hall–Kier alpha value is -3.74. The average Bonchev–Trinajstić information content (AvgIpc) is 2.98. The van der Waals surface area contributed by atoms with Crippen LogP contribution in [0.3, 0.4) is 0 Å². The normalized spacial score (nSPS) is 11.1. The monoisotopic (exact) mass is 401 g/mol. The highest BCUT2D eigenvalue weighted by Crippen LogP contribution is 2.20. The molecule has 0 aliphatic heterocycles. The molecule has 0 unspecified atom stereocenters. The third-order valence-corrected chi connectivity index (χ3v) is 5.04. The van der Waals surface area contributed by atoms with E-state index >= 15 is 0 Å². The van der Waals surface area contributed by atoms with Crippen molar-refractivity contribution in [1.29, 1.82) is 0 Å². The number of hydrogen-bond acceptors (Lipinski definition) is 4. The first kappa shape index (κ1) is 19.6. The number of aryl methyl sites for hydroxylation is 4. The van der Waals surface area contributed by atoms with Crippen LogP contribution in [0.5, 0.6) is 0 Å². The molecule has 0 radical (unpaired) electrons. The summed E-state index contributed by atoms with van der Waals surface area (Å²) < 4.78 is 2.36. The molecule has 0 fully saturated rings. The molecule has 30 heavy (non-hydrogen) atoms. The smallest absolute Gasteiger partial charge is 0.324 e. The fraction of sp³-hybridized carbons (Fsp3) is 0.217. The highest BCUT2D eigenvalue weighted by Gasteiger charge is 2.13. The van der Waals surface area contributed by atoms with E-state index in [0.29, 0.717) is 17.0 Å². The van der Waals surface area contributed by atoms with Gasteiger partial charge in [-0.1, -0.05) is 18.2 Å². The summed E-state index contributed by atoms with van der Waals surface area (Å²) in [5.74, 6) is -0.320. The van der Waals surface area contributed by atoms with Crippen LogP contribution in [0, 0.1) is 27.7 Å². The van der Waals surface area contributed by atoms with Gasteiger partial charge in [-0.05, 0) is 80.3 Å². The first-order chi connectivity index (χ1) is 14.3. The van der Waals surface area contributed by atoms with Crippen LogP contribution in [-0.4, -0.2) is 25.3 Å². The minimum atomic E-state index is -0.453. The maximum atomic E-state index is 12.8. The number of carbonyl (C=O) groups is 1. The van der Waals surface area contributed by atoms with Gasteiger partial charge < -0.3 is 5.32 Å². The molecule has 4 rings (SSSR count). The second-order valence-electron chi connectivity index (χ2n) is 7.65. The Morgan fingerprint density at radius 3 is 2.33 bits per heavy atom. The van der Waals surface area contributed by atoms with Crippen molar-refractivity contribution in [3.63, 3.8) is 0 Å². The van der Waals surface area contributed by atoms with Crippen LogP contribution < -0.4 is 11.0 Å². The summed E-state index contributed by atoms with van der Waals surface area (Å²) in [4.78, 5) is 25.2. The molecule has 0 spiro atoms. The second-order valence-corrected chi connectivity index (χ2v) is 7.65. The first-order valence-corrected chi connectivity index (χ1v) is 9.73. The molecular formula is C23H23N5O2. The van der Waals surface area contributed by atoms with E-state index in [0.717, 1.165) is 26.9 Å². The molecule has 1 amide bonds. The van der Waals surface area contributed by atoms with E-state index in [1.54, 1.807) is 6.07 Å². The van der Waals surface area contributed by atoms with Crippen molar-refractivity contribution >= 4 is 17.2 Å². The van der Waals surface area contributed by atoms with Crippen LogP contribution in [0.2, 0.25) is 0 Å². The number of rotatable bonds is 4. The van der Waals surface area contributed by atoms with Gasteiger partial charge in [0.15, 0.2) is 5.65 Å². The van der Waals surface area contributed by atoms with Crippen molar-refractivity contribution in [3.05, 3.63) is 81.3 Å². The van der Waals surface area contributed by atoms with E-state index in [2.05, 4.69) is 15.5 Å². The first-order valence-electron chi connectivity index (χ1n) is 9.73. The molecule has 152 valence electrons. The zero-order valence-electron chi connectivity index (χ0n) is 17.4. The van der Waals surface area contributed by atoms with Gasteiger partial charge in [0.2, 0.25) is 5.91 Å². The van der Waals surface area contributed by atoms with Gasteiger partial charge in [-0.3, -0.25) is 4.79 Å². The van der Waals surface area contributed by atoms with Crippen LogP contribution in [-0.2, 0) is 11.3 Å². The van der Waals surface area contributed by atoms with E-state index in [1.165, 1.54) is 10.1 Å². The molecule has 2 heterocycles. The summed E-state index contributed by atoms with van der Waals surface area (Å²) in [6, 6.07) is 15.4. The number of benzene rings is 2. The van der Waals surface area contributed by atoms with Crippen molar-refractivity contribution in [2.45, 2.75) is 34.2 Å². The third kappa shape index (κ3) is 3.87. The molecule has 2 aromatic heterocycles. The molecule has 0 atom stereocenters. The van der Waals surface area contributed by atoms with Crippen molar-refractivity contribution in [2.75, 3.05) is 5.32 Å². The number of carbonyl (C=O) groups excluding carboxylic acids is 1. The lowest BCUT2D eigenvalue weighted by Gasteiger charge is -2.07. The zero-order valence-corrected chi connectivity index (χ0v) is 17.4. The molecule has 0 aliphatic carbocycles. The maximum Gasteiger partial charge on any atom is 0.367 e. The number of nitrogens with one attached hydrogen (secondary N) is 1. The number of nitrogens with zero attached hydrogens (tertiary/aromatic N) is 4. The van der Waals surface area contributed by atoms with E-state index < -0.39 is 5.69 Å². The highest BCUT2D eigenvalue weighted by atomic mass is 16.2. The van der Waals surface area contributed by atoms with Gasteiger partial charge in [0, 0.05) is 11.3 Å². The number of fused-ring (bicyclic) bond motifs is 1. The molecule has 2 aromatic carbocycles. The van der Waals surface area contributed by atoms with Crippen LogP contribution in [0.15, 0.2) is 53.3 Å². The standard InChI is InChI=1S/C23H23N5O2/c1-14-9-15(2)11-19(10-14)24-22(29)13-27-23(30)28-21(26-27)8-7-20(25-28)18-6-5-16(3)17(4)12-18/h5-12H,13H2,1-4H3,(H,24,29). The van der Waals surface area contributed by atoms with Gasteiger partial charge in [-0.25, -0.2) is 9.48 Å². The van der Waals surface area contributed by atoms with Gasteiger partial charge in [-0.2, -0.15) is 9.61 Å². The highest BCUT2D eigenvalue weighted by molar-refractivity contribution is 5.90. The number of hydrogen-bond donors (Lipinski definition) is 1. The lowest BCUT2D eigenvalue weighted by molar-refractivity contribution is -0.117. The minimum absolute atomic E-state index is 0.186. The molecule has 1 N–H and O–H groups in total. The predicted octanol–water partition coefficient (Wildman–Crippen LogP) is 3.43. The van der Waals surface area contributed by atoms with E-state index in [-0.39, 0.29) is 12.5 Å². The van der Waals surface area contributed by atoms with Crippen molar-refractivity contribution < 1.29 is 4.79 Å². The van der Waals surface area contributed by atoms with Gasteiger partial charge in [-0.15, -0.1) is 5.10 Å². The lowest BCUT2D eigenvalue weighted by atomic mass is 10.0. The maximum absolute atomic E-state index is 12.8. The summed E-state index contributed by atoms with van der Waals surface area (Å²) >= 11 is 0. The van der Waals surface area contributed by atoms with Crippen LogP contribution in [0.4, 0.5) is 5.69 Å². The Morgan fingerprint density at radius 2 is 1.63 bits per heavy atom. The van der Waals surface area contributed by atoms with Crippen LogP contribution in [0.25, 0.3) is 16.9 Å². The van der Waals surface area contributed by atoms with E-state index in [1.807, 2.05) is 70.2 Å². The van der Waals surface area contributed by atoms with E-state index in [9.17, 15) is 9.59 Å². The summed E-state index contributed by atoms with van der Waals surface area (Å²) in [6.45, 7) is 7.83. The molecule has 7 heteroatoms. The van der Waals surface area contributed by atoms with Gasteiger partial charge in [0.1, 0.15) is 6.54 Å². The van der Waals surface area contributed by atoms with Crippen LogP contribution >= 0.6 is 0 Å². The molecular weight excluding hydrogens is 378 g/mol. The summed E-state index contributed by atoms with van der Waals surface area (Å²) in [5.41, 5.74) is 6.69. The SMILES string of the molecule is Cc1cc(C)cc(NC(=O)Cn2nc3ccc(-c4ccc(C)c(C)c4)nn3c2=O)c1. The quantitative estimate of drug-likeness (QED) is 0.568. The van der Waals surface area contributed by atoms with Crippen LogP contribution in [0.1, 0.15) is 22.3 Å². The predicted molar refractivity (Wildman–Crippen MR) is 117 cm³/mol. The molecule has 0 bridgehead atoms. The summed E-state index contributed by atoms with van der Waals surface area (Å²) in [5, 5.41) is 11.5. The molecule has 7 nitrogen and oxygen atoms in total. The van der Waals surface area contributed by atoms with Crippen molar-refractivity contribution in [2.24, 2.45) is 0 Å². The lowest BCUT2D eigenvalue weighted by Crippen LogP contribution is -2.28. The number of amides is 1. The second kappa shape index (κ2) is 7.59. The number of anilines is 1. The van der Waals surface area contributed by atoms with E-state index in [4.69, 9.17) is 0 Å². The fourth-order valence-electron chi connectivity index (χ4n) is 3.45. The molecule has 4 aromatic rings. The summed E-state index contributed by atoms with van der Waals surface area (Å²) in [7, 11) is 0. The Kier molecular flexibility index (Phi) is 4.95. The Labute approximate surface area is 174 Å². The Bertz CT molecular complexity index is 1310. The van der Waals surface area contributed by atoms with Crippen molar-refractivity contribution in [1.82, 2.24) is 19.4 Å². The number of aromatic nitrogens is 4. The minimum Gasteiger partial charge on any atom is -0.324 e. The molecule has 0 aliphatic rings. The Morgan fingerprint density at radius 1 is 0.900 bits per heavy atom. The topological polar surface area (TPSA) is 81.3 Å². The largest absolute Gasteiger partial charge is 0.367 e. The zero-order chi connectivity index (χ0) is 21.4. The van der Waals surface area contributed by atoms with Gasteiger partial charge in [0.05, 0.1) is 5.69 Å². The molecule has 0 saturated heterocycles.